The summed E-state index contributed by atoms with van der Waals surface area (Å²) in [4.78, 5) is 26.0. The molecule has 1 saturated heterocycles. The van der Waals surface area contributed by atoms with Gasteiger partial charge in [-0.1, -0.05) is 30.3 Å². The summed E-state index contributed by atoms with van der Waals surface area (Å²) in [5.74, 6) is 1.40. The molecule has 1 N–H and O–H groups in total. The van der Waals surface area contributed by atoms with E-state index < -0.39 is 0 Å². The number of rotatable bonds is 6. The maximum Gasteiger partial charge on any atom is 0.277 e. The molecule has 178 valence electrons. The molecule has 1 aliphatic rings. The van der Waals surface area contributed by atoms with Crippen molar-refractivity contribution in [3.8, 4) is 5.82 Å². The highest BCUT2D eigenvalue weighted by molar-refractivity contribution is 6.02. The van der Waals surface area contributed by atoms with Gasteiger partial charge in [-0.05, 0) is 37.6 Å². The fraction of sp³-hybridized carbons (Fsp3) is 0.280. The Kier molecular flexibility index (Phi) is 6.44. The number of nitrogens with one attached hydrogen (secondary N) is 1. The number of aromatic nitrogens is 6. The predicted octanol–water partition coefficient (Wildman–Crippen LogP) is 2.64. The van der Waals surface area contributed by atoms with E-state index in [0.29, 0.717) is 11.6 Å². The molecule has 1 fully saturated rings. The first-order valence-electron chi connectivity index (χ1n) is 11.6. The summed E-state index contributed by atoms with van der Waals surface area (Å²) in [7, 11) is 0. The number of carbonyl (C=O) groups excluding carboxylic acids is 1. The Hall–Kier alpha value is -4.18. The lowest BCUT2D eigenvalue weighted by molar-refractivity contribution is 0.102. The van der Waals surface area contributed by atoms with Crippen molar-refractivity contribution in [2.24, 2.45) is 0 Å². The molecule has 0 spiro atoms. The summed E-state index contributed by atoms with van der Waals surface area (Å²) in [5.41, 5.74) is 3.36. The molecule has 3 aromatic heterocycles. The molecule has 1 aromatic carbocycles. The van der Waals surface area contributed by atoms with Crippen LogP contribution in [0.2, 0.25) is 0 Å². The van der Waals surface area contributed by atoms with Gasteiger partial charge in [0.25, 0.3) is 5.91 Å². The summed E-state index contributed by atoms with van der Waals surface area (Å²) < 4.78 is 1.69. The molecule has 0 radical (unpaired) electrons. The Bertz CT molecular complexity index is 1300. The topological polar surface area (TPSA) is 105 Å². The lowest BCUT2D eigenvalue weighted by atomic mass is 10.2. The smallest absolute Gasteiger partial charge is 0.277 e. The zero-order chi connectivity index (χ0) is 24.2. The summed E-state index contributed by atoms with van der Waals surface area (Å²) in [6, 6.07) is 17.6. The van der Waals surface area contributed by atoms with E-state index >= 15 is 0 Å². The minimum absolute atomic E-state index is 0.199. The van der Waals surface area contributed by atoms with Gasteiger partial charge >= 0.3 is 0 Å². The molecule has 4 aromatic rings. The van der Waals surface area contributed by atoms with Crippen molar-refractivity contribution < 1.29 is 4.79 Å². The van der Waals surface area contributed by atoms with Gasteiger partial charge in [-0.15, -0.1) is 10.2 Å². The number of nitrogens with zero attached hydrogens (tertiary/aromatic N) is 8. The van der Waals surface area contributed by atoms with Crippen LogP contribution in [-0.2, 0) is 6.54 Å². The standard InChI is InChI=1S/C25H27N9O/c1-18-14-19(2)34(31-18)23-9-8-21(29-30-23)25(35)28-22-15-24(27-17-26-22)33-12-10-32(11-13-33)16-20-6-4-3-5-7-20/h3-9,14-15,17H,10-13,16H2,1-2H3,(H,26,27,28,35). The van der Waals surface area contributed by atoms with E-state index in [1.54, 1.807) is 22.9 Å². The van der Waals surface area contributed by atoms with Gasteiger partial charge in [-0.25, -0.2) is 14.6 Å². The fourth-order valence-corrected chi connectivity index (χ4v) is 4.17. The van der Waals surface area contributed by atoms with Crippen molar-refractivity contribution in [3.63, 3.8) is 0 Å². The maximum atomic E-state index is 12.7. The zero-order valence-corrected chi connectivity index (χ0v) is 19.8. The molecule has 0 unspecified atom stereocenters. The molecule has 1 amide bonds. The van der Waals surface area contributed by atoms with Crippen LogP contribution in [-0.4, -0.2) is 66.9 Å². The molecule has 5 rings (SSSR count). The first-order chi connectivity index (χ1) is 17.0. The average Bonchev–Trinajstić information content (AvgIpc) is 3.23. The van der Waals surface area contributed by atoms with Crippen molar-refractivity contribution in [1.82, 2.24) is 34.8 Å². The monoisotopic (exact) mass is 469 g/mol. The Morgan fingerprint density at radius 3 is 2.40 bits per heavy atom. The van der Waals surface area contributed by atoms with Crippen LogP contribution in [0, 0.1) is 13.8 Å². The predicted molar refractivity (Wildman–Crippen MR) is 133 cm³/mol. The van der Waals surface area contributed by atoms with Gasteiger partial charge in [0.15, 0.2) is 11.5 Å². The number of piperazine rings is 1. The second-order valence-corrected chi connectivity index (χ2v) is 8.58. The summed E-state index contributed by atoms with van der Waals surface area (Å²) >= 11 is 0. The largest absolute Gasteiger partial charge is 0.354 e. The van der Waals surface area contributed by atoms with E-state index in [9.17, 15) is 4.79 Å². The summed E-state index contributed by atoms with van der Waals surface area (Å²) in [6.07, 6.45) is 1.47. The Morgan fingerprint density at radius 1 is 0.914 bits per heavy atom. The third-order valence-corrected chi connectivity index (χ3v) is 5.95. The van der Waals surface area contributed by atoms with Gasteiger partial charge in [-0.2, -0.15) is 5.10 Å². The number of hydrogen-bond acceptors (Lipinski definition) is 8. The van der Waals surface area contributed by atoms with Gasteiger partial charge in [0.1, 0.15) is 18.0 Å². The van der Waals surface area contributed by atoms with Crippen molar-refractivity contribution in [3.05, 3.63) is 83.6 Å². The van der Waals surface area contributed by atoms with Crippen LogP contribution >= 0.6 is 0 Å². The van der Waals surface area contributed by atoms with Crippen LogP contribution < -0.4 is 10.2 Å². The Balaban J connectivity index is 1.19. The van der Waals surface area contributed by atoms with Gasteiger partial charge < -0.3 is 10.2 Å². The van der Waals surface area contributed by atoms with Crippen molar-refractivity contribution in [2.45, 2.75) is 20.4 Å². The van der Waals surface area contributed by atoms with E-state index in [1.165, 1.54) is 11.9 Å². The maximum absolute atomic E-state index is 12.7. The zero-order valence-electron chi connectivity index (χ0n) is 19.8. The number of amides is 1. The summed E-state index contributed by atoms with van der Waals surface area (Å²) in [6.45, 7) is 8.40. The third-order valence-electron chi connectivity index (χ3n) is 5.95. The first-order valence-corrected chi connectivity index (χ1v) is 11.6. The number of anilines is 2. The third kappa shape index (κ3) is 5.33. The number of benzene rings is 1. The second-order valence-electron chi connectivity index (χ2n) is 8.58. The number of carbonyl (C=O) groups is 1. The van der Waals surface area contributed by atoms with Crippen LogP contribution in [0.4, 0.5) is 11.6 Å². The molecular weight excluding hydrogens is 442 g/mol. The molecule has 0 saturated carbocycles. The SMILES string of the molecule is Cc1cc(C)n(-c2ccc(C(=O)Nc3cc(N4CCN(Cc5ccccc5)CC4)ncn3)nn2)n1. The molecule has 0 atom stereocenters. The lowest BCUT2D eigenvalue weighted by Gasteiger charge is -2.35. The highest BCUT2D eigenvalue weighted by atomic mass is 16.2. The first kappa shape index (κ1) is 22.6. The van der Waals surface area contributed by atoms with E-state index in [1.807, 2.05) is 26.0 Å². The molecule has 1 aliphatic heterocycles. The van der Waals surface area contributed by atoms with E-state index in [-0.39, 0.29) is 11.6 Å². The average molecular weight is 470 g/mol. The number of aryl methyl sites for hydroxylation is 2. The van der Waals surface area contributed by atoms with Gasteiger partial charge in [0.05, 0.1) is 5.69 Å². The molecule has 4 heterocycles. The van der Waals surface area contributed by atoms with Crippen LogP contribution in [0.3, 0.4) is 0 Å². The Labute approximate surface area is 203 Å². The fourth-order valence-electron chi connectivity index (χ4n) is 4.17. The molecule has 10 nitrogen and oxygen atoms in total. The Morgan fingerprint density at radius 2 is 1.71 bits per heavy atom. The van der Waals surface area contributed by atoms with Crippen LogP contribution in [0.15, 0.2) is 60.9 Å². The lowest BCUT2D eigenvalue weighted by Crippen LogP contribution is -2.46. The molecule has 10 heteroatoms. The normalized spacial score (nSPS) is 14.2. The quantitative estimate of drug-likeness (QED) is 0.460. The molecule has 35 heavy (non-hydrogen) atoms. The van der Waals surface area contributed by atoms with Crippen LogP contribution in [0.5, 0.6) is 0 Å². The van der Waals surface area contributed by atoms with Crippen molar-refractivity contribution in [1.29, 1.82) is 0 Å². The van der Waals surface area contributed by atoms with Crippen LogP contribution in [0.25, 0.3) is 5.82 Å². The van der Waals surface area contributed by atoms with E-state index in [4.69, 9.17) is 0 Å². The van der Waals surface area contributed by atoms with Gasteiger partial charge in [0, 0.05) is 44.5 Å². The number of hydrogen-bond donors (Lipinski definition) is 1. The highest BCUT2D eigenvalue weighted by Gasteiger charge is 2.19. The van der Waals surface area contributed by atoms with Crippen molar-refractivity contribution >= 4 is 17.5 Å². The second kappa shape index (κ2) is 9.98. The molecule has 0 bridgehead atoms. The molecule has 0 aliphatic carbocycles. The van der Waals surface area contributed by atoms with Gasteiger partial charge in [-0.3, -0.25) is 9.69 Å². The van der Waals surface area contributed by atoms with Crippen molar-refractivity contribution in [2.75, 3.05) is 36.4 Å². The highest BCUT2D eigenvalue weighted by Crippen LogP contribution is 2.18. The van der Waals surface area contributed by atoms with Gasteiger partial charge in [0.2, 0.25) is 0 Å². The van der Waals surface area contributed by atoms with E-state index in [0.717, 1.165) is 49.9 Å². The summed E-state index contributed by atoms with van der Waals surface area (Å²) in [5, 5.41) is 15.4. The van der Waals surface area contributed by atoms with E-state index in [2.05, 4.69) is 64.6 Å². The van der Waals surface area contributed by atoms with Crippen LogP contribution in [0.1, 0.15) is 27.4 Å². The minimum atomic E-state index is -0.380. The molecular formula is C25H27N9O. The minimum Gasteiger partial charge on any atom is -0.354 e.